The SMILES string of the molecule is Cc1ccc2c(c1)CC1(C2)C(=O)NC(=O)N1C. The van der Waals surface area contributed by atoms with Crippen molar-refractivity contribution in [2.75, 3.05) is 7.05 Å². The summed E-state index contributed by atoms with van der Waals surface area (Å²) in [7, 11) is 1.69. The molecule has 4 nitrogen and oxygen atoms in total. The van der Waals surface area contributed by atoms with Crippen molar-refractivity contribution in [3.05, 3.63) is 34.9 Å². The Morgan fingerprint density at radius 3 is 2.59 bits per heavy atom. The molecule has 1 fully saturated rings. The van der Waals surface area contributed by atoms with Crippen LogP contribution >= 0.6 is 0 Å². The predicted octanol–water partition coefficient (Wildman–Crippen LogP) is 1.01. The number of hydrogen-bond acceptors (Lipinski definition) is 2. The molecule has 1 spiro atoms. The van der Waals surface area contributed by atoms with Gasteiger partial charge in [-0.2, -0.15) is 0 Å². The minimum Gasteiger partial charge on any atom is -0.312 e. The summed E-state index contributed by atoms with van der Waals surface area (Å²) in [5, 5.41) is 2.40. The second-order valence-electron chi connectivity index (χ2n) is 4.98. The van der Waals surface area contributed by atoms with Crippen LogP contribution in [0.25, 0.3) is 0 Å². The number of nitrogens with zero attached hydrogens (tertiary/aromatic N) is 1. The van der Waals surface area contributed by atoms with E-state index in [9.17, 15) is 9.59 Å². The van der Waals surface area contributed by atoms with E-state index < -0.39 is 5.54 Å². The van der Waals surface area contributed by atoms with Crippen LogP contribution < -0.4 is 5.32 Å². The third-order valence-electron chi connectivity index (χ3n) is 3.92. The highest BCUT2D eigenvalue weighted by atomic mass is 16.2. The summed E-state index contributed by atoms with van der Waals surface area (Å²) in [5.41, 5.74) is 2.86. The van der Waals surface area contributed by atoms with E-state index in [4.69, 9.17) is 0 Å². The number of likely N-dealkylation sites (N-methyl/N-ethyl adjacent to an activating group) is 1. The summed E-state index contributed by atoms with van der Waals surface area (Å²) in [6, 6.07) is 5.92. The quantitative estimate of drug-likeness (QED) is 0.676. The first-order chi connectivity index (χ1) is 8.03. The molecule has 1 N–H and O–H groups in total. The van der Waals surface area contributed by atoms with Gasteiger partial charge in [-0.1, -0.05) is 23.8 Å². The van der Waals surface area contributed by atoms with Gasteiger partial charge in [-0.3, -0.25) is 10.1 Å². The van der Waals surface area contributed by atoms with Crippen molar-refractivity contribution in [3.8, 4) is 0 Å². The molecule has 3 rings (SSSR count). The van der Waals surface area contributed by atoms with Gasteiger partial charge in [0.2, 0.25) is 0 Å². The maximum absolute atomic E-state index is 12.0. The van der Waals surface area contributed by atoms with Gasteiger partial charge < -0.3 is 4.90 Å². The van der Waals surface area contributed by atoms with Gasteiger partial charge in [-0.15, -0.1) is 0 Å². The Labute approximate surface area is 99.6 Å². The molecule has 1 aromatic carbocycles. The van der Waals surface area contributed by atoms with Crippen LogP contribution in [0.3, 0.4) is 0 Å². The fourth-order valence-corrected chi connectivity index (χ4v) is 2.83. The molecule has 1 aliphatic carbocycles. The van der Waals surface area contributed by atoms with Gasteiger partial charge in [-0.25, -0.2) is 4.79 Å². The Balaban J connectivity index is 2.05. The summed E-state index contributed by atoms with van der Waals surface area (Å²) in [6.45, 7) is 2.04. The zero-order chi connectivity index (χ0) is 12.2. The van der Waals surface area contributed by atoms with Crippen molar-refractivity contribution in [2.45, 2.75) is 25.3 Å². The fraction of sp³-hybridized carbons (Fsp3) is 0.385. The van der Waals surface area contributed by atoms with Crippen molar-refractivity contribution in [1.82, 2.24) is 10.2 Å². The number of carbonyl (C=O) groups is 2. The number of imide groups is 1. The van der Waals surface area contributed by atoms with Gasteiger partial charge in [0.15, 0.2) is 0 Å². The maximum atomic E-state index is 12.0. The number of benzene rings is 1. The highest BCUT2D eigenvalue weighted by Crippen LogP contribution is 2.37. The first kappa shape index (κ1) is 10.3. The smallest absolute Gasteiger partial charge is 0.312 e. The Morgan fingerprint density at radius 2 is 1.94 bits per heavy atom. The third kappa shape index (κ3) is 1.24. The molecule has 88 valence electrons. The van der Waals surface area contributed by atoms with Crippen molar-refractivity contribution >= 4 is 11.9 Å². The van der Waals surface area contributed by atoms with Gasteiger partial charge in [0.05, 0.1) is 0 Å². The van der Waals surface area contributed by atoms with Crippen molar-refractivity contribution in [1.29, 1.82) is 0 Å². The van der Waals surface area contributed by atoms with Crippen LogP contribution in [0.2, 0.25) is 0 Å². The molecule has 1 saturated heterocycles. The Morgan fingerprint density at radius 1 is 1.24 bits per heavy atom. The monoisotopic (exact) mass is 230 g/mol. The minimum absolute atomic E-state index is 0.168. The molecule has 1 atom stereocenters. The van der Waals surface area contributed by atoms with E-state index in [1.165, 1.54) is 16.7 Å². The lowest BCUT2D eigenvalue weighted by molar-refractivity contribution is -0.125. The molecular weight excluding hydrogens is 216 g/mol. The molecule has 1 aromatic rings. The van der Waals surface area contributed by atoms with Crippen molar-refractivity contribution in [2.24, 2.45) is 0 Å². The average Bonchev–Trinajstić information content (AvgIpc) is 2.74. The number of rotatable bonds is 0. The summed E-state index contributed by atoms with van der Waals surface area (Å²) in [5.74, 6) is -0.168. The zero-order valence-corrected chi connectivity index (χ0v) is 9.91. The standard InChI is InChI=1S/C13H14N2O2/c1-8-3-4-9-6-13(7-10(9)5-8)11(16)14-12(17)15(13)2/h3-5H,6-7H2,1-2H3,(H,14,16,17). The van der Waals surface area contributed by atoms with Crippen LogP contribution in [0.4, 0.5) is 4.79 Å². The lowest BCUT2D eigenvalue weighted by atomic mass is 9.95. The van der Waals surface area contributed by atoms with Crippen LogP contribution in [0.1, 0.15) is 16.7 Å². The number of urea groups is 1. The van der Waals surface area contributed by atoms with E-state index in [1.807, 2.05) is 13.0 Å². The number of aryl methyl sites for hydroxylation is 1. The van der Waals surface area contributed by atoms with E-state index >= 15 is 0 Å². The molecule has 2 aliphatic rings. The summed E-state index contributed by atoms with van der Waals surface area (Å²) in [4.78, 5) is 25.1. The van der Waals surface area contributed by atoms with Crippen LogP contribution in [-0.2, 0) is 17.6 Å². The molecule has 0 aromatic heterocycles. The molecule has 1 aliphatic heterocycles. The molecule has 3 amide bonds. The van der Waals surface area contributed by atoms with Crippen LogP contribution in [0, 0.1) is 6.92 Å². The highest BCUT2D eigenvalue weighted by Gasteiger charge is 2.54. The molecule has 1 unspecified atom stereocenters. The van der Waals surface area contributed by atoms with Crippen molar-refractivity contribution in [3.63, 3.8) is 0 Å². The largest absolute Gasteiger partial charge is 0.324 e. The summed E-state index contributed by atoms with van der Waals surface area (Å²) in [6.07, 6.45) is 1.24. The number of hydrogen-bond donors (Lipinski definition) is 1. The van der Waals surface area contributed by atoms with E-state index in [0.717, 1.165) is 0 Å². The first-order valence-corrected chi connectivity index (χ1v) is 5.70. The summed E-state index contributed by atoms with van der Waals surface area (Å²) < 4.78 is 0. The average molecular weight is 230 g/mol. The Bertz CT molecular complexity index is 538. The van der Waals surface area contributed by atoms with E-state index in [0.29, 0.717) is 12.8 Å². The highest BCUT2D eigenvalue weighted by molar-refractivity contribution is 6.07. The maximum Gasteiger partial charge on any atom is 0.324 e. The topological polar surface area (TPSA) is 49.4 Å². The van der Waals surface area contributed by atoms with Crippen molar-refractivity contribution < 1.29 is 9.59 Å². The van der Waals surface area contributed by atoms with Gasteiger partial charge in [-0.05, 0) is 18.1 Å². The molecule has 0 saturated carbocycles. The van der Waals surface area contributed by atoms with Crippen LogP contribution in [-0.4, -0.2) is 29.4 Å². The van der Waals surface area contributed by atoms with E-state index in [-0.39, 0.29) is 11.9 Å². The number of fused-ring (bicyclic) bond motifs is 1. The van der Waals surface area contributed by atoms with Crippen LogP contribution in [0.15, 0.2) is 18.2 Å². The molecular formula is C13H14N2O2. The minimum atomic E-state index is -0.687. The second kappa shape index (κ2) is 3.09. The molecule has 0 bridgehead atoms. The number of nitrogens with one attached hydrogen (secondary N) is 1. The van der Waals surface area contributed by atoms with Gasteiger partial charge in [0.1, 0.15) is 5.54 Å². The number of carbonyl (C=O) groups excluding carboxylic acids is 2. The third-order valence-corrected chi connectivity index (χ3v) is 3.92. The zero-order valence-electron chi connectivity index (χ0n) is 9.91. The fourth-order valence-electron chi connectivity index (χ4n) is 2.83. The molecule has 1 heterocycles. The van der Waals surface area contributed by atoms with Gasteiger partial charge in [0.25, 0.3) is 5.91 Å². The first-order valence-electron chi connectivity index (χ1n) is 5.70. The van der Waals surface area contributed by atoms with Gasteiger partial charge >= 0.3 is 6.03 Å². The van der Waals surface area contributed by atoms with Gasteiger partial charge in [0, 0.05) is 19.9 Å². The van der Waals surface area contributed by atoms with E-state index in [1.54, 1.807) is 11.9 Å². The lowest BCUT2D eigenvalue weighted by Gasteiger charge is -2.27. The second-order valence-corrected chi connectivity index (χ2v) is 4.98. The normalized spacial score (nSPS) is 26.6. The lowest BCUT2D eigenvalue weighted by Crippen LogP contribution is -2.48. The summed E-state index contributed by atoms with van der Waals surface area (Å²) >= 11 is 0. The molecule has 0 radical (unpaired) electrons. The number of amides is 3. The Kier molecular flexibility index (Phi) is 1.88. The Hall–Kier alpha value is -1.84. The molecule has 17 heavy (non-hydrogen) atoms. The van der Waals surface area contributed by atoms with E-state index in [2.05, 4.69) is 17.4 Å². The molecule has 4 heteroatoms. The predicted molar refractivity (Wildman–Crippen MR) is 62.6 cm³/mol. The van der Waals surface area contributed by atoms with Crippen LogP contribution in [0.5, 0.6) is 0 Å².